The van der Waals surface area contributed by atoms with Gasteiger partial charge in [-0.2, -0.15) is 0 Å². The summed E-state index contributed by atoms with van der Waals surface area (Å²) in [7, 11) is 3.82. The van der Waals surface area contributed by atoms with E-state index in [0.717, 1.165) is 12.5 Å². The van der Waals surface area contributed by atoms with Gasteiger partial charge in [-0.1, -0.05) is 20.3 Å². The van der Waals surface area contributed by atoms with Crippen LogP contribution in [0.2, 0.25) is 0 Å². The van der Waals surface area contributed by atoms with Gasteiger partial charge in [0.05, 0.1) is 6.61 Å². The van der Waals surface area contributed by atoms with Crippen LogP contribution in [0.1, 0.15) is 33.1 Å². The molecule has 2 nitrogen and oxygen atoms in total. The molecule has 0 aromatic rings. The minimum Gasteiger partial charge on any atom is -0.383 e. The van der Waals surface area contributed by atoms with E-state index in [0.29, 0.717) is 11.5 Å². The Morgan fingerprint density at radius 3 is 2.62 bits per heavy atom. The Balaban J connectivity index is 2.57. The Morgan fingerprint density at radius 1 is 1.54 bits per heavy atom. The molecule has 0 aliphatic heterocycles. The summed E-state index contributed by atoms with van der Waals surface area (Å²) < 4.78 is 5.24. The predicted octanol–water partition coefficient (Wildman–Crippen LogP) is 2.05. The summed E-state index contributed by atoms with van der Waals surface area (Å²) in [6.45, 7) is 5.60. The molecule has 1 fully saturated rings. The second-order valence-electron chi connectivity index (χ2n) is 4.84. The smallest absolute Gasteiger partial charge is 0.0618 e. The SMILES string of the molecule is CNC(COC)C1CCCC1(C)C. The topological polar surface area (TPSA) is 21.3 Å². The van der Waals surface area contributed by atoms with Crippen molar-refractivity contribution in [3.05, 3.63) is 0 Å². The molecule has 0 aromatic carbocycles. The van der Waals surface area contributed by atoms with Gasteiger partial charge in [0.15, 0.2) is 0 Å². The minimum absolute atomic E-state index is 0.492. The van der Waals surface area contributed by atoms with Crippen LogP contribution in [-0.4, -0.2) is 26.8 Å². The molecule has 0 spiro atoms. The number of likely N-dealkylation sites (N-methyl/N-ethyl adjacent to an activating group) is 1. The lowest BCUT2D eigenvalue weighted by Crippen LogP contribution is -2.41. The number of hydrogen-bond acceptors (Lipinski definition) is 2. The van der Waals surface area contributed by atoms with Crippen LogP contribution in [0.4, 0.5) is 0 Å². The van der Waals surface area contributed by atoms with Crippen molar-refractivity contribution in [1.29, 1.82) is 0 Å². The van der Waals surface area contributed by atoms with E-state index in [1.807, 2.05) is 7.05 Å². The molecule has 1 aliphatic carbocycles. The Kier molecular flexibility index (Phi) is 3.74. The fourth-order valence-corrected chi connectivity index (χ4v) is 2.68. The van der Waals surface area contributed by atoms with E-state index < -0.39 is 0 Å². The molecule has 1 rings (SSSR count). The van der Waals surface area contributed by atoms with Crippen LogP contribution in [-0.2, 0) is 4.74 Å². The first-order valence-electron chi connectivity index (χ1n) is 5.28. The van der Waals surface area contributed by atoms with E-state index in [2.05, 4.69) is 19.2 Å². The molecule has 0 amide bonds. The molecule has 0 saturated heterocycles. The average Bonchev–Trinajstić information content (AvgIpc) is 2.41. The van der Waals surface area contributed by atoms with Crippen molar-refractivity contribution in [1.82, 2.24) is 5.32 Å². The molecule has 0 radical (unpaired) electrons. The van der Waals surface area contributed by atoms with E-state index in [-0.39, 0.29) is 0 Å². The third kappa shape index (κ3) is 2.44. The normalized spacial score (nSPS) is 29.1. The number of rotatable bonds is 4. The van der Waals surface area contributed by atoms with Gasteiger partial charge in [-0.15, -0.1) is 0 Å². The molecule has 2 unspecified atom stereocenters. The summed E-state index contributed by atoms with van der Waals surface area (Å²) in [5.41, 5.74) is 0.492. The second-order valence-corrected chi connectivity index (χ2v) is 4.84. The van der Waals surface area contributed by atoms with Crippen LogP contribution in [0.15, 0.2) is 0 Å². The van der Waals surface area contributed by atoms with Gasteiger partial charge in [0, 0.05) is 13.2 Å². The molecule has 1 aliphatic rings. The summed E-state index contributed by atoms with van der Waals surface area (Å²) >= 11 is 0. The first kappa shape index (κ1) is 11.0. The average molecular weight is 185 g/mol. The maximum absolute atomic E-state index is 5.24. The lowest BCUT2D eigenvalue weighted by Gasteiger charge is -2.33. The maximum Gasteiger partial charge on any atom is 0.0618 e. The van der Waals surface area contributed by atoms with Crippen LogP contribution in [0.25, 0.3) is 0 Å². The molecule has 13 heavy (non-hydrogen) atoms. The highest BCUT2D eigenvalue weighted by molar-refractivity contribution is 4.91. The summed E-state index contributed by atoms with van der Waals surface area (Å²) in [5, 5.41) is 3.38. The molecule has 0 bridgehead atoms. The number of hydrogen-bond donors (Lipinski definition) is 1. The lowest BCUT2D eigenvalue weighted by molar-refractivity contribution is 0.106. The third-order valence-electron chi connectivity index (χ3n) is 3.54. The van der Waals surface area contributed by atoms with Gasteiger partial charge in [-0.3, -0.25) is 0 Å². The van der Waals surface area contributed by atoms with Crippen LogP contribution in [0.3, 0.4) is 0 Å². The Hall–Kier alpha value is -0.0800. The van der Waals surface area contributed by atoms with Crippen molar-refractivity contribution in [2.45, 2.75) is 39.2 Å². The van der Waals surface area contributed by atoms with Gasteiger partial charge < -0.3 is 10.1 Å². The van der Waals surface area contributed by atoms with Crippen molar-refractivity contribution in [3.8, 4) is 0 Å². The molecule has 0 aromatic heterocycles. The van der Waals surface area contributed by atoms with Crippen molar-refractivity contribution >= 4 is 0 Å². The van der Waals surface area contributed by atoms with E-state index >= 15 is 0 Å². The van der Waals surface area contributed by atoms with E-state index in [1.165, 1.54) is 19.3 Å². The lowest BCUT2D eigenvalue weighted by atomic mass is 9.78. The Morgan fingerprint density at radius 2 is 2.23 bits per heavy atom. The fourth-order valence-electron chi connectivity index (χ4n) is 2.68. The number of ether oxygens (including phenoxy) is 1. The minimum atomic E-state index is 0.492. The fraction of sp³-hybridized carbons (Fsp3) is 1.00. The van der Waals surface area contributed by atoms with Crippen molar-refractivity contribution in [2.24, 2.45) is 11.3 Å². The molecule has 0 heterocycles. The van der Waals surface area contributed by atoms with Gasteiger partial charge in [-0.25, -0.2) is 0 Å². The predicted molar refractivity (Wildman–Crippen MR) is 55.8 cm³/mol. The van der Waals surface area contributed by atoms with Crippen LogP contribution < -0.4 is 5.32 Å². The monoisotopic (exact) mass is 185 g/mol. The van der Waals surface area contributed by atoms with Crippen molar-refractivity contribution in [3.63, 3.8) is 0 Å². The highest BCUT2D eigenvalue weighted by Crippen LogP contribution is 2.44. The second kappa shape index (κ2) is 4.43. The third-order valence-corrected chi connectivity index (χ3v) is 3.54. The largest absolute Gasteiger partial charge is 0.383 e. The molecule has 1 N–H and O–H groups in total. The number of nitrogens with one attached hydrogen (secondary N) is 1. The number of methoxy groups -OCH3 is 1. The zero-order valence-corrected chi connectivity index (χ0v) is 9.39. The van der Waals surface area contributed by atoms with Crippen molar-refractivity contribution in [2.75, 3.05) is 20.8 Å². The molecular weight excluding hydrogens is 162 g/mol. The van der Waals surface area contributed by atoms with E-state index in [9.17, 15) is 0 Å². The molecule has 2 heteroatoms. The van der Waals surface area contributed by atoms with Crippen molar-refractivity contribution < 1.29 is 4.74 Å². The van der Waals surface area contributed by atoms with Gasteiger partial charge >= 0.3 is 0 Å². The Bertz CT molecular complexity index is 156. The highest BCUT2D eigenvalue weighted by atomic mass is 16.5. The maximum atomic E-state index is 5.24. The van der Waals surface area contributed by atoms with Gasteiger partial charge in [0.1, 0.15) is 0 Å². The van der Waals surface area contributed by atoms with Crippen LogP contribution in [0, 0.1) is 11.3 Å². The first-order valence-corrected chi connectivity index (χ1v) is 5.28. The van der Waals surface area contributed by atoms with Gasteiger partial charge in [-0.05, 0) is 31.2 Å². The summed E-state index contributed by atoms with van der Waals surface area (Å²) in [6, 6.07) is 0.530. The zero-order chi connectivity index (χ0) is 9.90. The van der Waals surface area contributed by atoms with Crippen LogP contribution in [0.5, 0.6) is 0 Å². The van der Waals surface area contributed by atoms with Crippen LogP contribution >= 0.6 is 0 Å². The quantitative estimate of drug-likeness (QED) is 0.723. The van der Waals surface area contributed by atoms with E-state index in [1.54, 1.807) is 7.11 Å². The standard InChI is InChI=1S/C11H23NO/c1-11(2)7-5-6-9(11)10(12-3)8-13-4/h9-10,12H,5-8H2,1-4H3. The summed E-state index contributed by atoms with van der Waals surface area (Å²) in [4.78, 5) is 0. The molecular formula is C11H23NO. The summed E-state index contributed by atoms with van der Waals surface area (Å²) in [5.74, 6) is 0.775. The van der Waals surface area contributed by atoms with Gasteiger partial charge in [0.2, 0.25) is 0 Å². The van der Waals surface area contributed by atoms with Gasteiger partial charge in [0.25, 0.3) is 0 Å². The molecule has 2 atom stereocenters. The highest BCUT2D eigenvalue weighted by Gasteiger charge is 2.38. The zero-order valence-electron chi connectivity index (χ0n) is 9.39. The summed E-state index contributed by atoms with van der Waals surface area (Å²) in [6.07, 6.45) is 4.08. The molecule has 78 valence electrons. The van der Waals surface area contributed by atoms with E-state index in [4.69, 9.17) is 4.74 Å². The molecule has 1 saturated carbocycles. The Labute approximate surface area is 82.0 Å². The first-order chi connectivity index (χ1) is 6.11.